The number of hydrogen-bond acceptors (Lipinski definition) is 2. The normalized spacial score (nSPS) is 11.6. The van der Waals surface area contributed by atoms with Crippen LogP contribution in [-0.4, -0.2) is 26.3 Å². The monoisotopic (exact) mass is 215 g/mol. The quantitative estimate of drug-likeness (QED) is 0.565. The zero-order valence-electron chi connectivity index (χ0n) is 11.0. The molecule has 0 aromatic carbocycles. The van der Waals surface area contributed by atoms with Gasteiger partial charge in [-0.3, -0.25) is 0 Å². The third-order valence-electron chi connectivity index (χ3n) is 2.26. The molecule has 0 heterocycles. The van der Waals surface area contributed by atoms with Crippen molar-refractivity contribution >= 4 is 0 Å². The highest BCUT2D eigenvalue weighted by Crippen LogP contribution is 2.04. The average Bonchev–Trinajstić information content (AvgIpc) is 2.14. The summed E-state index contributed by atoms with van der Waals surface area (Å²) in [6, 6.07) is 0. The highest BCUT2D eigenvalue weighted by Gasteiger charge is 1.95. The lowest BCUT2D eigenvalue weighted by molar-refractivity contribution is 0.112. The average molecular weight is 215 g/mol. The lowest BCUT2D eigenvalue weighted by atomic mass is 10.1. The van der Waals surface area contributed by atoms with E-state index < -0.39 is 0 Å². The molecule has 0 spiro atoms. The van der Waals surface area contributed by atoms with E-state index in [0.717, 1.165) is 32.2 Å². The van der Waals surface area contributed by atoms with Crippen LogP contribution in [0.3, 0.4) is 0 Å². The summed E-state index contributed by atoms with van der Waals surface area (Å²) in [5.74, 6) is 1.50. The van der Waals surface area contributed by atoms with E-state index in [9.17, 15) is 0 Å². The fraction of sp³-hybridized carbons (Fsp3) is 1.00. The van der Waals surface area contributed by atoms with Gasteiger partial charge in [-0.1, -0.05) is 40.5 Å². The predicted molar refractivity (Wildman–Crippen MR) is 67.2 cm³/mol. The summed E-state index contributed by atoms with van der Waals surface area (Å²) in [5, 5.41) is 3.41. The van der Waals surface area contributed by atoms with Crippen molar-refractivity contribution in [2.45, 2.75) is 47.0 Å². The van der Waals surface area contributed by atoms with E-state index in [1.54, 1.807) is 0 Å². The summed E-state index contributed by atoms with van der Waals surface area (Å²) >= 11 is 0. The molecule has 0 rings (SSSR count). The molecule has 0 atom stereocenters. The SMILES string of the molecule is CC(C)CCCCNCCOCC(C)C. The predicted octanol–water partition coefficient (Wildman–Crippen LogP) is 3.07. The van der Waals surface area contributed by atoms with Gasteiger partial charge in [0.2, 0.25) is 0 Å². The van der Waals surface area contributed by atoms with Crippen LogP contribution in [0, 0.1) is 11.8 Å². The minimum Gasteiger partial charge on any atom is -0.380 e. The Morgan fingerprint density at radius 3 is 2.27 bits per heavy atom. The summed E-state index contributed by atoms with van der Waals surface area (Å²) in [6.45, 7) is 12.8. The first kappa shape index (κ1) is 14.9. The van der Waals surface area contributed by atoms with E-state index in [-0.39, 0.29) is 0 Å². The van der Waals surface area contributed by atoms with E-state index in [4.69, 9.17) is 4.74 Å². The Morgan fingerprint density at radius 1 is 0.933 bits per heavy atom. The Kier molecular flexibility index (Phi) is 10.4. The number of hydrogen-bond donors (Lipinski definition) is 1. The number of rotatable bonds is 10. The molecule has 0 aromatic heterocycles. The van der Waals surface area contributed by atoms with E-state index in [1.165, 1.54) is 19.3 Å². The molecule has 92 valence electrons. The largest absolute Gasteiger partial charge is 0.380 e. The standard InChI is InChI=1S/C13H29NO/c1-12(2)7-5-6-8-14-9-10-15-11-13(3)4/h12-14H,5-11H2,1-4H3. The van der Waals surface area contributed by atoms with Crippen LogP contribution in [0.1, 0.15) is 47.0 Å². The number of nitrogens with one attached hydrogen (secondary N) is 1. The van der Waals surface area contributed by atoms with Gasteiger partial charge in [0.25, 0.3) is 0 Å². The molecule has 1 N–H and O–H groups in total. The molecule has 0 bridgehead atoms. The zero-order valence-corrected chi connectivity index (χ0v) is 11.0. The van der Waals surface area contributed by atoms with Crippen LogP contribution in [-0.2, 0) is 4.74 Å². The Balaban J connectivity index is 2.93. The van der Waals surface area contributed by atoms with Crippen molar-refractivity contribution < 1.29 is 4.74 Å². The van der Waals surface area contributed by atoms with Gasteiger partial charge in [0.1, 0.15) is 0 Å². The number of ether oxygens (including phenoxy) is 1. The van der Waals surface area contributed by atoms with Gasteiger partial charge in [0, 0.05) is 13.2 Å². The Bertz CT molecular complexity index is 110. The van der Waals surface area contributed by atoms with Crippen LogP contribution in [0.4, 0.5) is 0 Å². The number of unbranched alkanes of at least 4 members (excludes halogenated alkanes) is 1. The molecule has 0 fully saturated rings. The smallest absolute Gasteiger partial charge is 0.0591 e. The molecule has 15 heavy (non-hydrogen) atoms. The molecule has 0 aliphatic heterocycles. The first-order valence-corrected chi connectivity index (χ1v) is 6.41. The van der Waals surface area contributed by atoms with Gasteiger partial charge in [-0.25, -0.2) is 0 Å². The third kappa shape index (κ3) is 13.9. The van der Waals surface area contributed by atoms with E-state index in [1.807, 2.05) is 0 Å². The Hall–Kier alpha value is -0.0800. The second-order valence-electron chi connectivity index (χ2n) is 5.11. The summed E-state index contributed by atoms with van der Waals surface area (Å²) < 4.78 is 5.48. The first-order valence-electron chi connectivity index (χ1n) is 6.41. The fourth-order valence-corrected chi connectivity index (χ4v) is 1.39. The van der Waals surface area contributed by atoms with Crippen molar-refractivity contribution in [2.24, 2.45) is 11.8 Å². The molecule has 0 aliphatic rings. The van der Waals surface area contributed by atoms with Crippen LogP contribution >= 0.6 is 0 Å². The molecule has 0 saturated carbocycles. The van der Waals surface area contributed by atoms with Gasteiger partial charge in [0.05, 0.1) is 6.61 Å². The van der Waals surface area contributed by atoms with Crippen LogP contribution in [0.15, 0.2) is 0 Å². The summed E-state index contributed by atoms with van der Waals surface area (Å²) in [4.78, 5) is 0. The molecular weight excluding hydrogens is 186 g/mol. The van der Waals surface area contributed by atoms with Crippen LogP contribution in [0.5, 0.6) is 0 Å². The lowest BCUT2D eigenvalue weighted by Gasteiger charge is -2.08. The second-order valence-corrected chi connectivity index (χ2v) is 5.11. The first-order chi connectivity index (χ1) is 7.13. The molecule has 0 amide bonds. The minimum absolute atomic E-state index is 0.649. The van der Waals surface area contributed by atoms with Crippen molar-refractivity contribution in [1.82, 2.24) is 5.32 Å². The van der Waals surface area contributed by atoms with Crippen LogP contribution in [0.2, 0.25) is 0 Å². The van der Waals surface area contributed by atoms with Crippen molar-refractivity contribution in [3.63, 3.8) is 0 Å². The lowest BCUT2D eigenvalue weighted by Crippen LogP contribution is -2.21. The van der Waals surface area contributed by atoms with Crippen LogP contribution < -0.4 is 5.32 Å². The van der Waals surface area contributed by atoms with Crippen molar-refractivity contribution in [1.29, 1.82) is 0 Å². The molecule has 0 saturated heterocycles. The van der Waals surface area contributed by atoms with Crippen LogP contribution in [0.25, 0.3) is 0 Å². The Morgan fingerprint density at radius 2 is 1.67 bits per heavy atom. The van der Waals surface area contributed by atoms with Gasteiger partial charge in [0.15, 0.2) is 0 Å². The van der Waals surface area contributed by atoms with E-state index >= 15 is 0 Å². The van der Waals surface area contributed by atoms with Gasteiger partial charge >= 0.3 is 0 Å². The maximum Gasteiger partial charge on any atom is 0.0591 e. The highest BCUT2D eigenvalue weighted by molar-refractivity contribution is 4.51. The maximum atomic E-state index is 5.48. The molecule has 2 nitrogen and oxygen atoms in total. The molecule has 0 unspecified atom stereocenters. The third-order valence-corrected chi connectivity index (χ3v) is 2.26. The van der Waals surface area contributed by atoms with E-state index in [2.05, 4.69) is 33.0 Å². The van der Waals surface area contributed by atoms with Crippen molar-refractivity contribution in [3.8, 4) is 0 Å². The maximum absolute atomic E-state index is 5.48. The molecule has 2 heteroatoms. The van der Waals surface area contributed by atoms with Gasteiger partial charge < -0.3 is 10.1 Å². The van der Waals surface area contributed by atoms with Gasteiger partial charge in [-0.15, -0.1) is 0 Å². The van der Waals surface area contributed by atoms with Crippen molar-refractivity contribution in [2.75, 3.05) is 26.3 Å². The molecule has 0 aromatic rings. The van der Waals surface area contributed by atoms with Gasteiger partial charge in [-0.05, 0) is 24.8 Å². The summed E-state index contributed by atoms with van der Waals surface area (Å²) in [7, 11) is 0. The Labute approximate surface area is 95.8 Å². The molecule has 0 aliphatic carbocycles. The van der Waals surface area contributed by atoms with Gasteiger partial charge in [-0.2, -0.15) is 0 Å². The van der Waals surface area contributed by atoms with E-state index in [0.29, 0.717) is 5.92 Å². The summed E-state index contributed by atoms with van der Waals surface area (Å²) in [6.07, 6.45) is 3.99. The highest BCUT2D eigenvalue weighted by atomic mass is 16.5. The zero-order chi connectivity index (χ0) is 11.5. The molecular formula is C13H29NO. The van der Waals surface area contributed by atoms with Crippen molar-refractivity contribution in [3.05, 3.63) is 0 Å². The summed E-state index contributed by atoms with van der Waals surface area (Å²) in [5.41, 5.74) is 0. The second kappa shape index (κ2) is 10.4. The fourth-order valence-electron chi connectivity index (χ4n) is 1.39. The molecule has 0 radical (unpaired) electrons. The minimum atomic E-state index is 0.649. The topological polar surface area (TPSA) is 21.3 Å².